The second-order valence-corrected chi connectivity index (χ2v) is 5.20. The molecular formula is C16H18N4O2. The molecule has 0 aliphatic carbocycles. The molecule has 0 bridgehead atoms. The van der Waals surface area contributed by atoms with E-state index < -0.39 is 0 Å². The number of carbonyl (C=O) groups is 1. The van der Waals surface area contributed by atoms with Crippen molar-refractivity contribution in [2.24, 2.45) is 0 Å². The predicted octanol–water partition coefficient (Wildman–Crippen LogP) is 1.92. The van der Waals surface area contributed by atoms with Gasteiger partial charge in [-0.1, -0.05) is 6.07 Å². The smallest absolute Gasteiger partial charge is 0.286 e. The molecule has 0 aromatic carbocycles. The van der Waals surface area contributed by atoms with Gasteiger partial charge in [0.2, 0.25) is 0 Å². The highest BCUT2D eigenvalue weighted by molar-refractivity contribution is 5.91. The van der Waals surface area contributed by atoms with Crippen LogP contribution >= 0.6 is 0 Å². The molecule has 6 nitrogen and oxygen atoms in total. The lowest BCUT2D eigenvalue weighted by Crippen LogP contribution is -2.18. The summed E-state index contributed by atoms with van der Waals surface area (Å²) in [5.74, 6) is 0.881. The number of pyridine rings is 1. The number of hydrogen-bond donors (Lipinski definition) is 1. The lowest BCUT2D eigenvalue weighted by molar-refractivity contribution is 0.0932. The first-order valence-electron chi connectivity index (χ1n) is 7.07. The van der Waals surface area contributed by atoms with Gasteiger partial charge in [-0.15, -0.1) is 0 Å². The Morgan fingerprint density at radius 1 is 1.32 bits per heavy atom. The van der Waals surface area contributed by atoms with E-state index in [1.54, 1.807) is 13.1 Å². The summed E-state index contributed by atoms with van der Waals surface area (Å²) in [6.45, 7) is 1.36. The summed E-state index contributed by atoms with van der Waals surface area (Å²) in [7, 11) is 3.59. The zero-order chi connectivity index (χ0) is 15.5. The molecule has 114 valence electrons. The number of carbonyl (C=O) groups excluding carboxylic acids is 1. The molecule has 0 radical (unpaired) electrons. The van der Waals surface area contributed by atoms with E-state index in [-0.39, 0.29) is 5.91 Å². The maximum Gasteiger partial charge on any atom is 0.286 e. The van der Waals surface area contributed by atoms with Crippen molar-refractivity contribution in [3.8, 4) is 0 Å². The fraction of sp³-hybridized carbons (Fsp3) is 0.250. The first-order chi connectivity index (χ1) is 10.7. The van der Waals surface area contributed by atoms with Gasteiger partial charge in [0.15, 0.2) is 5.76 Å². The first-order valence-corrected chi connectivity index (χ1v) is 7.07. The maximum atomic E-state index is 11.5. The molecule has 1 N–H and O–H groups in total. The number of aromatic nitrogens is 2. The van der Waals surface area contributed by atoms with E-state index in [0.717, 1.165) is 23.6 Å². The van der Waals surface area contributed by atoms with Crippen molar-refractivity contribution >= 4 is 11.6 Å². The highest BCUT2D eigenvalue weighted by atomic mass is 16.4. The number of fused-ring (bicyclic) bond motifs is 1. The van der Waals surface area contributed by atoms with E-state index in [1.807, 2.05) is 43.7 Å². The molecule has 0 saturated carbocycles. The Morgan fingerprint density at radius 3 is 3.00 bits per heavy atom. The lowest BCUT2D eigenvalue weighted by atomic mass is 10.3. The molecule has 0 atom stereocenters. The number of nitrogens with zero attached hydrogens (tertiary/aromatic N) is 3. The fourth-order valence-corrected chi connectivity index (χ4v) is 2.41. The van der Waals surface area contributed by atoms with E-state index >= 15 is 0 Å². The van der Waals surface area contributed by atoms with Gasteiger partial charge in [-0.2, -0.15) is 0 Å². The Hall–Kier alpha value is -2.60. The molecule has 0 fully saturated rings. The number of amides is 1. The van der Waals surface area contributed by atoms with E-state index in [9.17, 15) is 4.79 Å². The molecule has 0 aliphatic heterocycles. The van der Waals surface area contributed by atoms with Gasteiger partial charge in [0, 0.05) is 19.8 Å². The number of nitrogens with one attached hydrogen (secondary N) is 1. The Bertz CT molecular complexity index is 790. The van der Waals surface area contributed by atoms with Crippen LogP contribution in [0.4, 0.5) is 0 Å². The third kappa shape index (κ3) is 2.87. The fourth-order valence-electron chi connectivity index (χ4n) is 2.41. The minimum Gasteiger partial charge on any atom is -0.455 e. The lowest BCUT2D eigenvalue weighted by Gasteiger charge is -2.14. The van der Waals surface area contributed by atoms with Crippen LogP contribution in [0.25, 0.3) is 5.65 Å². The van der Waals surface area contributed by atoms with Crippen LogP contribution in [0.1, 0.15) is 22.0 Å². The monoisotopic (exact) mass is 298 g/mol. The summed E-state index contributed by atoms with van der Waals surface area (Å²) in [5, 5.41) is 2.55. The van der Waals surface area contributed by atoms with Crippen LogP contribution in [-0.2, 0) is 13.1 Å². The Morgan fingerprint density at radius 2 is 2.18 bits per heavy atom. The van der Waals surface area contributed by atoms with E-state index in [0.29, 0.717) is 12.3 Å². The zero-order valence-corrected chi connectivity index (χ0v) is 12.6. The molecule has 22 heavy (non-hydrogen) atoms. The highest BCUT2D eigenvalue weighted by Crippen LogP contribution is 2.13. The van der Waals surface area contributed by atoms with Crippen LogP contribution in [0, 0.1) is 0 Å². The average Bonchev–Trinajstić information content (AvgIpc) is 3.14. The molecule has 1 amide bonds. The molecule has 0 spiro atoms. The average molecular weight is 298 g/mol. The molecule has 3 aromatic rings. The van der Waals surface area contributed by atoms with Crippen LogP contribution in [0.15, 0.2) is 47.1 Å². The van der Waals surface area contributed by atoms with Crippen molar-refractivity contribution in [1.82, 2.24) is 19.6 Å². The number of hydrogen-bond acceptors (Lipinski definition) is 4. The van der Waals surface area contributed by atoms with Crippen LogP contribution < -0.4 is 5.32 Å². The first kappa shape index (κ1) is 14.3. The van der Waals surface area contributed by atoms with Crippen molar-refractivity contribution in [1.29, 1.82) is 0 Å². The quantitative estimate of drug-likeness (QED) is 0.781. The molecule has 3 rings (SSSR count). The van der Waals surface area contributed by atoms with Crippen molar-refractivity contribution in [3.05, 3.63) is 59.9 Å². The number of imidazole rings is 1. The van der Waals surface area contributed by atoms with Crippen LogP contribution in [0.2, 0.25) is 0 Å². The van der Waals surface area contributed by atoms with Gasteiger partial charge in [-0.25, -0.2) is 4.98 Å². The molecule has 6 heteroatoms. The van der Waals surface area contributed by atoms with Gasteiger partial charge >= 0.3 is 0 Å². The third-order valence-electron chi connectivity index (χ3n) is 3.46. The van der Waals surface area contributed by atoms with Gasteiger partial charge in [0.25, 0.3) is 5.91 Å². The minimum absolute atomic E-state index is 0.212. The Kier molecular flexibility index (Phi) is 3.93. The normalized spacial score (nSPS) is 11.2. The van der Waals surface area contributed by atoms with E-state index in [4.69, 9.17) is 4.42 Å². The van der Waals surface area contributed by atoms with Crippen LogP contribution in [-0.4, -0.2) is 34.3 Å². The molecule has 0 unspecified atom stereocenters. The van der Waals surface area contributed by atoms with Crippen LogP contribution in [0.3, 0.4) is 0 Å². The predicted molar refractivity (Wildman–Crippen MR) is 82.5 cm³/mol. The minimum atomic E-state index is -0.212. The molecule has 0 saturated heterocycles. The van der Waals surface area contributed by atoms with Gasteiger partial charge in [0.05, 0.1) is 18.4 Å². The second kappa shape index (κ2) is 6.03. The summed E-state index contributed by atoms with van der Waals surface area (Å²) in [6.07, 6.45) is 3.88. The Labute approximate surface area is 128 Å². The number of furan rings is 1. The standard InChI is InChI=1S/C16H18N4O2/c1-17-16(21)14-7-6-13(22-14)11-19(2)10-12-9-18-15-5-3-4-8-20(12)15/h3-9H,10-11H2,1-2H3,(H,17,21). The van der Waals surface area contributed by atoms with Gasteiger partial charge in [-0.05, 0) is 31.3 Å². The topological polar surface area (TPSA) is 62.8 Å². The van der Waals surface area contributed by atoms with Crippen molar-refractivity contribution in [2.45, 2.75) is 13.1 Å². The summed E-state index contributed by atoms with van der Waals surface area (Å²) in [5.41, 5.74) is 2.04. The van der Waals surface area contributed by atoms with Crippen LogP contribution in [0.5, 0.6) is 0 Å². The van der Waals surface area contributed by atoms with Crippen molar-refractivity contribution in [3.63, 3.8) is 0 Å². The number of rotatable bonds is 5. The third-order valence-corrected chi connectivity index (χ3v) is 3.46. The van der Waals surface area contributed by atoms with Gasteiger partial charge in [-0.3, -0.25) is 9.69 Å². The molecular weight excluding hydrogens is 280 g/mol. The molecule has 3 aromatic heterocycles. The summed E-state index contributed by atoms with van der Waals surface area (Å²) >= 11 is 0. The Balaban J connectivity index is 1.68. The van der Waals surface area contributed by atoms with Gasteiger partial charge in [0.1, 0.15) is 11.4 Å². The molecule has 3 heterocycles. The van der Waals surface area contributed by atoms with Crippen molar-refractivity contribution in [2.75, 3.05) is 14.1 Å². The highest BCUT2D eigenvalue weighted by Gasteiger charge is 2.12. The van der Waals surface area contributed by atoms with E-state index in [2.05, 4.69) is 19.6 Å². The summed E-state index contributed by atoms with van der Waals surface area (Å²) in [4.78, 5) is 18.0. The van der Waals surface area contributed by atoms with E-state index in [1.165, 1.54) is 0 Å². The largest absolute Gasteiger partial charge is 0.455 e. The second-order valence-electron chi connectivity index (χ2n) is 5.20. The van der Waals surface area contributed by atoms with Gasteiger partial charge < -0.3 is 14.1 Å². The summed E-state index contributed by atoms with van der Waals surface area (Å²) in [6, 6.07) is 9.46. The van der Waals surface area contributed by atoms with Crippen molar-refractivity contribution < 1.29 is 9.21 Å². The zero-order valence-electron chi connectivity index (χ0n) is 12.6. The SMILES string of the molecule is CNC(=O)c1ccc(CN(C)Cc2cnc3ccccn23)o1. The summed E-state index contributed by atoms with van der Waals surface area (Å²) < 4.78 is 7.60. The maximum absolute atomic E-state index is 11.5. The molecule has 0 aliphatic rings.